The van der Waals surface area contributed by atoms with Gasteiger partial charge in [-0.15, -0.1) is 5.06 Å². The van der Waals surface area contributed by atoms with E-state index in [1.165, 1.54) is 12.1 Å². The molecule has 1 unspecified atom stereocenters. The molecule has 1 amide bonds. The monoisotopic (exact) mass is 512 g/mol. The zero-order valence-electron chi connectivity index (χ0n) is 22.0. The number of oxime groups is 1. The summed E-state index contributed by atoms with van der Waals surface area (Å²) in [5.74, 6) is -0.302. The van der Waals surface area contributed by atoms with E-state index < -0.39 is 23.5 Å². The number of ether oxygens (including phenoxy) is 2. The lowest BCUT2D eigenvalue weighted by atomic mass is 9.99. The Morgan fingerprint density at radius 2 is 1.73 bits per heavy atom. The number of nitrogens with zero attached hydrogens (tertiary/aromatic N) is 2. The fraction of sp³-hybridized carbons (Fsp3) is 0.393. The van der Waals surface area contributed by atoms with Crippen molar-refractivity contribution in [1.29, 1.82) is 0 Å². The molecule has 0 N–H and O–H groups in total. The second kappa shape index (κ2) is 11.5. The quantitative estimate of drug-likeness (QED) is 0.323. The highest BCUT2D eigenvalue weighted by Gasteiger charge is 2.27. The summed E-state index contributed by atoms with van der Waals surface area (Å²) in [5, 5.41) is 5.02. The van der Waals surface area contributed by atoms with Crippen LogP contribution in [-0.4, -0.2) is 40.8 Å². The van der Waals surface area contributed by atoms with E-state index in [0.29, 0.717) is 6.42 Å². The zero-order valence-corrected chi connectivity index (χ0v) is 22.0. The molecular weight excluding hydrogens is 479 g/mol. The van der Waals surface area contributed by atoms with Crippen molar-refractivity contribution in [2.45, 2.75) is 65.3 Å². The van der Waals surface area contributed by atoms with Crippen LogP contribution in [0.1, 0.15) is 70.8 Å². The normalized spacial score (nSPS) is 15.6. The summed E-state index contributed by atoms with van der Waals surface area (Å²) in [6, 6.07) is 13.8. The molecule has 3 rings (SSSR count). The minimum absolute atomic E-state index is 0.0604. The van der Waals surface area contributed by atoms with Crippen molar-refractivity contribution in [1.82, 2.24) is 5.06 Å². The van der Waals surface area contributed by atoms with Gasteiger partial charge in [0.1, 0.15) is 17.0 Å². The van der Waals surface area contributed by atoms with Crippen LogP contribution in [0.5, 0.6) is 0 Å². The molecule has 2 aromatic rings. The van der Waals surface area contributed by atoms with Crippen molar-refractivity contribution < 1.29 is 33.1 Å². The van der Waals surface area contributed by atoms with Crippen LogP contribution < -0.4 is 0 Å². The van der Waals surface area contributed by atoms with E-state index in [2.05, 4.69) is 5.16 Å². The van der Waals surface area contributed by atoms with Crippen LogP contribution in [0.4, 0.5) is 14.0 Å². The fourth-order valence-electron chi connectivity index (χ4n) is 3.33. The first-order valence-electron chi connectivity index (χ1n) is 12.0. The molecule has 1 atom stereocenters. The first-order valence-corrected chi connectivity index (χ1v) is 12.0. The van der Waals surface area contributed by atoms with Crippen molar-refractivity contribution >= 4 is 24.0 Å². The Kier molecular flexibility index (Phi) is 8.57. The lowest BCUT2D eigenvalue weighted by Crippen LogP contribution is -2.39. The predicted molar refractivity (Wildman–Crippen MR) is 137 cm³/mol. The maximum Gasteiger partial charge on any atom is 0.534 e. The first-order chi connectivity index (χ1) is 17.3. The molecule has 0 spiro atoms. The van der Waals surface area contributed by atoms with Crippen molar-refractivity contribution in [2.24, 2.45) is 5.16 Å². The standard InChI is InChI=1S/C28H33FN2O6/c1-27(2,3)34-25(32)31(37-26(33)35-28(4,5)6)16-8-10-19-9-7-11-21(17-19)23-18-24(36-30-23)20-12-14-22(29)15-13-20/h7-15,17,24H,16,18H2,1-6H3/b10-8-. The summed E-state index contributed by atoms with van der Waals surface area (Å²) >= 11 is 0. The molecule has 0 aliphatic carbocycles. The summed E-state index contributed by atoms with van der Waals surface area (Å²) in [5.41, 5.74) is 1.78. The summed E-state index contributed by atoms with van der Waals surface area (Å²) in [6.07, 6.45) is 1.90. The summed E-state index contributed by atoms with van der Waals surface area (Å²) in [7, 11) is 0. The van der Waals surface area contributed by atoms with E-state index in [-0.39, 0.29) is 18.5 Å². The number of hydroxylamine groups is 2. The molecule has 8 nitrogen and oxygen atoms in total. The fourth-order valence-corrected chi connectivity index (χ4v) is 3.33. The Morgan fingerprint density at radius 3 is 2.38 bits per heavy atom. The van der Waals surface area contributed by atoms with E-state index in [1.807, 2.05) is 24.3 Å². The molecule has 1 aliphatic rings. The van der Waals surface area contributed by atoms with Gasteiger partial charge in [0.15, 0.2) is 6.10 Å². The molecule has 0 saturated heterocycles. The molecule has 9 heteroatoms. The van der Waals surface area contributed by atoms with Crippen LogP contribution in [0.25, 0.3) is 6.08 Å². The SMILES string of the molecule is CC(C)(C)OC(=O)ON(C/C=C\c1cccc(C2=NOC(c3ccc(F)cc3)C2)c1)C(=O)OC(C)(C)C. The zero-order chi connectivity index (χ0) is 27.2. The maximum atomic E-state index is 13.2. The van der Waals surface area contributed by atoms with E-state index in [4.69, 9.17) is 19.1 Å². The maximum absolute atomic E-state index is 13.2. The number of hydrogen-bond donors (Lipinski definition) is 0. The smallest absolute Gasteiger partial charge is 0.442 e. The highest BCUT2D eigenvalue weighted by atomic mass is 19.1. The van der Waals surface area contributed by atoms with E-state index in [0.717, 1.165) is 27.5 Å². The lowest BCUT2D eigenvalue weighted by Gasteiger charge is -2.26. The van der Waals surface area contributed by atoms with Gasteiger partial charge in [-0.2, -0.15) is 0 Å². The number of rotatable bonds is 5. The van der Waals surface area contributed by atoms with Gasteiger partial charge in [-0.1, -0.05) is 47.6 Å². The Balaban J connectivity index is 1.66. The van der Waals surface area contributed by atoms with Crippen LogP contribution in [0.15, 0.2) is 59.8 Å². The average molecular weight is 513 g/mol. The number of amides is 1. The van der Waals surface area contributed by atoms with Gasteiger partial charge in [0.25, 0.3) is 0 Å². The van der Waals surface area contributed by atoms with Gasteiger partial charge in [0, 0.05) is 12.0 Å². The predicted octanol–water partition coefficient (Wildman–Crippen LogP) is 6.81. The van der Waals surface area contributed by atoms with Crippen LogP contribution in [-0.2, 0) is 19.1 Å². The Morgan fingerprint density at radius 1 is 1.05 bits per heavy atom. The van der Waals surface area contributed by atoms with Crippen LogP contribution in [0.2, 0.25) is 0 Å². The topological polar surface area (TPSA) is 86.7 Å². The average Bonchev–Trinajstić information content (AvgIpc) is 3.27. The third kappa shape index (κ3) is 8.93. The lowest BCUT2D eigenvalue weighted by molar-refractivity contribution is -0.130. The Bertz CT molecular complexity index is 1160. The third-order valence-corrected chi connectivity index (χ3v) is 4.88. The molecule has 2 aromatic carbocycles. The molecule has 1 aliphatic heterocycles. The largest absolute Gasteiger partial charge is 0.534 e. The minimum Gasteiger partial charge on any atom is -0.442 e. The van der Waals surface area contributed by atoms with Gasteiger partial charge in [-0.05, 0) is 70.9 Å². The van der Waals surface area contributed by atoms with Crippen LogP contribution in [0, 0.1) is 5.82 Å². The second-order valence-corrected chi connectivity index (χ2v) is 10.5. The van der Waals surface area contributed by atoms with Crippen molar-refractivity contribution in [2.75, 3.05) is 6.54 Å². The van der Waals surface area contributed by atoms with Gasteiger partial charge < -0.3 is 14.3 Å². The molecule has 0 saturated carbocycles. The molecule has 0 radical (unpaired) electrons. The van der Waals surface area contributed by atoms with Gasteiger partial charge in [-0.3, -0.25) is 4.84 Å². The molecular formula is C28H33FN2O6. The molecule has 37 heavy (non-hydrogen) atoms. The summed E-state index contributed by atoms with van der Waals surface area (Å²) in [4.78, 5) is 35.4. The van der Waals surface area contributed by atoms with Gasteiger partial charge in [0.05, 0.1) is 12.3 Å². The molecule has 0 aromatic heterocycles. The molecule has 198 valence electrons. The van der Waals surface area contributed by atoms with Crippen LogP contribution in [0.3, 0.4) is 0 Å². The highest BCUT2D eigenvalue weighted by molar-refractivity contribution is 6.01. The van der Waals surface area contributed by atoms with Gasteiger partial charge in [0.2, 0.25) is 0 Å². The Hall–Kier alpha value is -3.88. The number of carbonyl (C=O) groups is 2. The Labute approximate surface area is 216 Å². The highest BCUT2D eigenvalue weighted by Crippen LogP contribution is 2.30. The second-order valence-electron chi connectivity index (χ2n) is 10.5. The molecule has 0 bridgehead atoms. The summed E-state index contributed by atoms with van der Waals surface area (Å²) < 4.78 is 23.7. The van der Waals surface area contributed by atoms with E-state index in [1.54, 1.807) is 65.8 Å². The number of hydrogen-bond acceptors (Lipinski definition) is 7. The molecule has 1 heterocycles. The van der Waals surface area contributed by atoms with E-state index in [9.17, 15) is 14.0 Å². The van der Waals surface area contributed by atoms with Crippen molar-refractivity contribution in [3.05, 3.63) is 77.1 Å². The van der Waals surface area contributed by atoms with Crippen molar-refractivity contribution in [3.63, 3.8) is 0 Å². The number of halogens is 1. The van der Waals surface area contributed by atoms with Crippen molar-refractivity contribution in [3.8, 4) is 0 Å². The van der Waals surface area contributed by atoms with E-state index >= 15 is 0 Å². The third-order valence-electron chi connectivity index (χ3n) is 4.88. The number of benzene rings is 2. The summed E-state index contributed by atoms with van der Waals surface area (Å²) in [6.45, 7) is 10.2. The minimum atomic E-state index is -1.01. The van der Waals surface area contributed by atoms with Gasteiger partial charge in [-0.25, -0.2) is 14.0 Å². The molecule has 0 fully saturated rings. The van der Waals surface area contributed by atoms with Crippen LogP contribution >= 0.6 is 0 Å². The first kappa shape index (κ1) is 27.7. The van der Waals surface area contributed by atoms with Gasteiger partial charge >= 0.3 is 12.2 Å². The number of carbonyl (C=O) groups excluding carboxylic acids is 2.